The average molecular weight is 403 g/mol. The molecule has 0 unspecified atom stereocenters. The minimum Gasteiger partial charge on any atom is -0.369 e. The fourth-order valence-electron chi connectivity index (χ4n) is 3.52. The lowest BCUT2D eigenvalue weighted by Crippen LogP contribution is -2.25. The summed E-state index contributed by atoms with van der Waals surface area (Å²) in [5, 5.41) is 4.61. The van der Waals surface area contributed by atoms with Gasteiger partial charge in [0.25, 0.3) is 0 Å². The molecule has 1 heterocycles. The smallest absolute Gasteiger partial charge is 0.154 e. The topological polar surface area (TPSA) is 41.0 Å². The zero-order chi connectivity index (χ0) is 21.3. The molecule has 0 atom stereocenters. The highest BCUT2D eigenvalue weighted by Gasteiger charge is 2.06. The van der Waals surface area contributed by atoms with Crippen molar-refractivity contribution >= 4 is 28.9 Å². The molecule has 0 fully saturated rings. The molecule has 2 aromatic carbocycles. The number of nitrogens with one attached hydrogen (secondary N) is 1. The number of hydrogen-bond donors (Lipinski definition) is 1. The van der Waals surface area contributed by atoms with Gasteiger partial charge in [0.15, 0.2) is 5.82 Å². The van der Waals surface area contributed by atoms with E-state index in [-0.39, 0.29) is 0 Å². The first-order chi connectivity index (χ1) is 14.6. The molecule has 0 amide bonds. The number of benzene rings is 2. The van der Waals surface area contributed by atoms with Crippen molar-refractivity contribution in [1.29, 1.82) is 0 Å². The summed E-state index contributed by atoms with van der Waals surface area (Å²) in [6.07, 6.45) is 5.17. The van der Waals surface area contributed by atoms with Crippen LogP contribution in [0, 0.1) is 0 Å². The third-order valence-corrected chi connectivity index (χ3v) is 5.49. The number of anilines is 1. The minimum absolute atomic E-state index is 0.544. The Kier molecular flexibility index (Phi) is 7.97. The van der Waals surface area contributed by atoms with Crippen LogP contribution in [-0.2, 0) is 0 Å². The summed E-state index contributed by atoms with van der Waals surface area (Å²) < 4.78 is 0. The van der Waals surface area contributed by atoms with Crippen LogP contribution in [0.4, 0.5) is 5.82 Å². The Labute approximate surface area is 181 Å². The first kappa shape index (κ1) is 22.0. The number of hydrogen-bond acceptors (Lipinski definition) is 4. The first-order valence-corrected chi connectivity index (χ1v) is 11.1. The van der Waals surface area contributed by atoms with Crippen molar-refractivity contribution in [3.63, 3.8) is 0 Å². The van der Waals surface area contributed by atoms with Gasteiger partial charge in [-0.25, -0.2) is 9.97 Å². The van der Waals surface area contributed by atoms with Crippen molar-refractivity contribution in [2.24, 2.45) is 0 Å². The molecule has 3 aromatic rings. The second kappa shape index (κ2) is 10.9. The fraction of sp³-hybridized carbons (Fsp3) is 0.385. The maximum absolute atomic E-state index is 4.80. The molecule has 0 spiro atoms. The van der Waals surface area contributed by atoms with E-state index in [4.69, 9.17) is 9.97 Å². The number of aromatic nitrogens is 2. The molecule has 0 aliphatic rings. The van der Waals surface area contributed by atoms with Crippen molar-refractivity contribution in [1.82, 2.24) is 14.9 Å². The molecule has 0 radical (unpaired) electrons. The van der Waals surface area contributed by atoms with Gasteiger partial charge in [-0.15, -0.1) is 0 Å². The zero-order valence-electron chi connectivity index (χ0n) is 18.7. The first-order valence-electron chi connectivity index (χ1n) is 11.1. The number of fused-ring (bicyclic) bond motifs is 1. The summed E-state index contributed by atoms with van der Waals surface area (Å²) in [6, 6.07) is 16.9. The Morgan fingerprint density at radius 1 is 0.933 bits per heavy atom. The van der Waals surface area contributed by atoms with Gasteiger partial charge >= 0.3 is 0 Å². The van der Waals surface area contributed by atoms with Crippen LogP contribution in [0.25, 0.3) is 23.1 Å². The van der Waals surface area contributed by atoms with Crippen molar-refractivity contribution in [3.05, 3.63) is 65.5 Å². The highest BCUT2D eigenvalue weighted by atomic mass is 15.1. The van der Waals surface area contributed by atoms with E-state index < -0.39 is 0 Å². The van der Waals surface area contributed by atoms with E-state index >= 15 is 0 Å². The van der Waals surface area contributed by atoms with E-state index in [1.165, 1.54) is 5.56 Å². The number of para-hydroxylation sites is 1. The maximum Gasteiger partial charge on any atom is 0.154 e. The standard InChI is InChI=1S/C26H34N4/c1-5-30(6-2)19-9-18-27-26-23-10-7-8-11-24(23)28-25(29-26)17-14-21-12-15-22(16-13-21)20(3)4/h7-8,10-17,20H,5-6,9,18-19H2,1-4H3,(H,27,28,29). The SMILES string of the molecule is CCN(CC)CCCNc1nc(C=Cc2ccc(C(C)C)cc2)nc2ccccc12. The van der Waals surface area contributed by atoms with Gasteiger partial charge in [-0.1, -0.05) is 70.2 Å². The Morgan fingerprint density at radius 3 is 2.37 bits per heavy atom. The molecule has 0 saturated heterocycles. The molecular formula is C26H34N4. The van der Waals surface area contributed by atoms with Gasteiger partial charge in [0.1, 0.15) is 5.82 Å². The lowest BCUT2D eigenvalue weighted by molar-refractivity contribution is 0.303. The molecule has 3 rings (SSSR count). The molecule has 30 heavy (non-hydrogen) atoms. The Balaban J connectivity index is 1.75. The Bertz CT molecular complexity index is 956. The van der Waals surface area contributed by atoms with Crippen LogP contribution >= 0.6 is 0 Å². The van der Waals surface area contributed by atoms with Crippen molar-refractivity contribution in [2.75, 3.05) is 31.5 Å². The molecule has 4 nitrogen and oxygen atoms in total. The fourth-order valence-corrected chi connectivity index (χ4v) is 3.52. The maximum atomic E-state index is 4.80. The summed E-state index contributed by atoms with van der Waals surface area (Å²) in [5.74, 6) is 2.19. The van der Waals surface area contributed by atoms with Crippen LogP contribution in [0.1, 0.15) is 57.0 Å². The third-order valence-electron chi connectivity index (χ3n) is 5.49. The van der Waals surface area contributed by atoms with Crippen LogP contribution in [0.5, 0.6) is 0 Å². The van der Waals surface area contributed by atoms with Crippen molar-refractivity contribution in [2.45, 2.75) is 40.0 Å². The van der Waals surface area contributed by atoms with E-state index in [2.05, 4.69) is 74.3 Å². The Morgan fingerprint density at radius 2 is 1.67 bits per heavy atom. The predicted octanol–water partition coefficient (Wildman–Crippen LogP) is 6.07. The molecule has 4 heteroatoms. The molecular weight excluding hydrogens is 368 g/mol. The van der Waals surface area contributed by atoms with E-state index in [1.807, 2.05) is 24.3 Å². The quantitative estimate of drug-likeness (QED) is 0.418. The lowest BCUT2D eigenvalue weighted by atomic mass is 10.0. The molecule has 0 bridgehead atoms. The molecule has 0 saturated carbocycles. The summed E-state index contributed by atoms with van der Waals surface area (Å²) in [7, 11) is 0. The van der Waals surface area contributed by atoms with Crippen LogP contribution in [0.15, 0.2) is 48.5 Å². The van der Waals surface area contributed by atoms with E-state index in [0.717, 1.165) is 60.7 Å². The summed E-state index contributed by atoms with van der Waals surface area (Å²) in [4.78, 5) is 12.0. The Hall–Kier alpha value is -2.72. The van der Waals surface area contributed by atoms with Gasteiger partial charge in [0.05, 0.1) is 5.52 Å². The van der Waals surface area contributed by atoms with Crippen molar-refractivity contribution in [3.8, 4) is 0 Å². The molecule has 158 valence electrons. The monoisotopic (exact) mass is 402 g/mol. The normalized spacial score (nSPS) is 11.8. The minimum atomic E-state index is 0.544. The zero-order valence-corrected chi connectivity index (χ0v) is 18.7. The summed E-state index contributed by atoms with van der Waals surface area (Å²) in [5.41, 5.74) is 3.48. The van der Waals surface area contributed by atoms with Crippen LogP contribution in [0.3, 0.4) is 0 Å². The molecule has 1 N–H and O–H groups in total. The number of rotatable bonds is 10. The molecule has 0 aliphatic heterocycles. The van der Waals surface area contributed by atoms with Gasteiger partial charge in [0, 0.05) is 11.9 Å². The highest BCUT2D eigenvalue weighted by Crippen LogP contribution is 2.21. The van der Waals surface area contributed by atoms with Gasteiger partial charge in [0.2, 0.25) is 0 Å². The molecule has 0 aliphatic carbocycles. The van der Waals surface area contributed by atoms with Gasteiger partial charge < -0.3 is 10.2 Å². The van der Waals surface area contributed by atoms with E-state index in [1.54, 1.807) is 0 Å². The second-order valence-electron chi connectivity index (χ2n) is 7.91. The van der Waals surface area contributed by atoms with Crippen molar-refractivity contribution < 1.29 is 0 Å². The van der Waals surface area contributed by atoms with E-state index in [0.29, 0.717) is 5.92 Å². The summed E-state index contributed by atoms with van der Waals surface area (Å²) >= 11 is 0. The van der Waals surface area contributed by atoms with Crippen LogP contribution in [-0.4, -0.2) is 41.0 Å². The van der Waals surface area contributed by atoms with Gasteiger partial charge in [-0.05, 0) is 61.3 Å². The van der Waals surface area contributed by atoms with E-state index in [9.17, 15) is 0 Å². The predicted molar refractivity (Wildman–Crippen MR) is 130 cm³/mol. The van der Waals surface area contributed by atoms with Gasteiger partial charge in [-0.2, -0.15) is 0 Å². The second-order valence-corrected chi connectivity index (χ2v) is 7.91. The third kappa shape index (κ3) is 5.90. The van der Waals surface area contributed by atoms with Crippen LogP contribution < -0.4 is 5.32 Å². The molecule has 1 aromatic heterocycles. The lowest BCUT2D eigenvalue weighted by Gasteiger charge is -2.18. The summed E-state index contributed by atoms with van der Waals surface area (Å²) in [6.45, 7) is 13.0. The largest absolute Gasteiger partial charge is 0.369 e. The number of nitrogens with zero attached hydrogens (tertiary/aromatic N) is 3. The highest BCUT2D eigenvalue weighted by molar-refractivity contribution is 5.90. The van der Waals surface area contributed by atoms with Gasteiger partial charge in [-0.3, -0.25) is 0 Å². The van der Waals surface area contributed by atoms with Crippen LogP contribution in [0.2, 0.25) is 0 Å². The average Bonchev–Trinajstić information content (AvgIpc) is 2.78.